The van der Waals surface area contributed by atoms with E-state index in [4.69, 9.17) is 0 Å². The van der Waals surface area contributed by atoms with E-state index >= 15 is 0 Å². The summed E-state index contributed by atoms with van der Waals surface area (Å²) in [6.45, 7) is 2.39. The molecule has 0 saturated carbocycles. The summed E-state index contributed by atoms with van der Waals surface area (Å²) in [4.78, 5) is 2.49. The summed E-state index contributed by atoms with van der Waals surface area (Å²) in [6.07, 6.45) is 0. The van der Waals surface area contributed by atoms with E-state index in [1.165, 1.54) is 77.3 Å². The Hall–Kier alpha value is -6.70. The summed E-state index contributed by atoms with van der Waals surface area (Å²) in [7, 11) is 0. The number of benzene rings is 9. The van der Waals surface area contributed by atoms with Gasteiger partial charge in [-0.2, -0.15) is 0 Å². The Labute approximate surface area is 311 Å². The average molecular weight is 676 g/mol. The van der Waals surface area contributed by atoms with Crippen LogP contribution in [0, 0.1) is 0 Å². The van der Waals surface area contributed by atoms with E-state index in [1.807, 2.05) is 0 Å². The van der Waals surface area contributed by atoms with Crippen molar-refractivity contribution in [2.24, 2.45) is 0 Å². The molecular formula is C52H37N. The fourth-order valence-electron chi connectivity index (χ4n) is 8.75. The maximum Gasteiger partial charge on any atom is 0.0543 e. The second kappa shape index (κ2) is 12.5. The molecule has 0 heterocycles. The molecule has 9 aromatic carbocycles. The van der Waals surface area contributed by atoms with Gasteiger partial charge in [0.25, 0.3) is 0 Å². The van der Waals surface area contributed by atoms with E-state index < -0.39 is 0 Å². The molecule has 250 valence electrons. The van der Waals surface area contributed by atoms with Gasteiger partial charge in [-0.05, 0) is 91.9 Å². The first kappa shape index (κ1) is 31.1. The van der Waals surface area contributed by atoms with E-state index in [0.29, 0.717) is 0 Å². The quantitative estimate of drug-likeness (QED) is 0.170. The lowest BCUT2D eigenvalue weighted by Gasteiger charge is -2.31. The van der Waals surface area contributed by atoms with Gasteiger partial charge in [0, 0.05) is 22.1 Å². The normalized spacial score (nSPS) is 14.6. The smallest absolute Gasteiger partial charge is 0.0543 e. The highest BCUT2D eigenvalue weighted by atomic mass is 15.1. The monoisotopic (exact) mass is 675 g/mol. The molecule has 0 bridgehead atoms. The van der Waals surface area contributed by atoms with Gasteiger partial charge in [-0.3, -0.25) is 0 Å². The molecule has 0 N–H and O–H groups in total. The predicted molar refractivity (Wildman–Crippen MR) is 224 cm³/mol. The largest absolute Gasteiger partial charge is 0.309 e. The molecule has 0 aromatic heterocycles. The number of fused-ring (bicyclic) bond motifs is 5. The first-order chi connectivity index (χ1) is 26.2. The predicted octanol–water partition coefficient (Wildman–Crippen LogP) is 14.1. The Bertz CT molecular complexity index is 2790. The number of nitrogens with zero attached hydrogens (tertiary/aromatic N) is 1. The fourth-order valence-corrected chi connectivity index (χ4v) is 8.75. The van der Waals surface area contributed by atoms with Crippen molar-refractivity contribution < 1.29 is 0 Å². The van der Waals surface area contributed by atoms with Gasteiger partial charge >= 0.3 is 0 Å². The zero-order chi connectivity index (χ0) is 35.4. The average Bonchev–Trinajstić information content (AvgIpc) is 3.50. The minimum atomic E-state index is -0.290. The van der Waals surface area contributed by atoms with Gasteiger partial charge in [-0.1, -0.05) is 182 Å². The van der Waals surface area contributed by atoms with Crippen molar-refractivity contribution in [1.82, 2.24) is 0 Å². The summed E-state index contributed by atoms with van der Waals surface area (Å²) < 4.78 is 0. The Balaban J connectivity index is 1.16. The van der Waals surface area contributed by atoms with Crippen molar-refractivity contribution in [3.8, 4) is 33.4 Å². The van der Waals surface area contributed by atoms with E-state index in [1.54, 1.807) is 0 Å². The van der Waals surface area contributed by atoms with Gasteiger partial charge in [-0.15, -0.1) is 0 Å². The van der Waals surface area contributed by atoms with Crippen LogP contribution in [-0.2, 0) is 5.41 Å². The van der Waals surface area contributed by atoms with Crippen molar-refractivity contribution in [2.75, 3.05) is 4.90 Å². The second-order valence-electron chi connectivity index (χ2n) is 14.2. The molecule has 0 amide bonds. The highest BCUT2D eigenvalue weighted by Crippen LogP contribution is 2.57. The van der Waals surface area contributed by atoms with Crippen LogP contribution >= 0.6 is 0 Å². The molecule has 1 heteroatoms. The Kier molecular flexibility index (Phi) is 7.33. The van der Waals surface area contributed by atoms with Crippen LogP contribution in [0.25, 0.3) is 54.9 Å². The minimum Gasteiger partial charge on any atom is -0.309 e. The van der Waals surface area contributed by atoms with Crippen molar-refractivity contribution in [3.63, 3.8) is 0 Å². The van der Waals surface area contributed by atoms with Crippen LogP contribution < -0.4 is 4.90 Å². The molecule has 1 aliphatic carbocycles. The van der Waals surface area contributed by atoms with Gasteiger partial charge in [0.15, 0.2) is 0 Å². The molecule has 1 unspecified atom stereocenters. The molecule has 1 aliphatic rings. The number of hydrogen-bond donors (Lipinski definition) is 0. The zero-order valence-electron chi connectivity index (χ0n) is 29.6. The molecular weight excluding hydrogens is 639 g/mol. The summed E-state index contributed by atoms with van der Waals surface area (Å²) in [5.41, 5.74) is 14.5. The van der Waals surface area contributed by atoms with Crippen LogP contribution in [-0.4, -0.2) is 0 Å². The van der Waals surface area contributed by atoms with Crippen LogP contribution in [0.1, 0.15) is 23.6 Å². The van der Waals surface area contributed by atoms with Gasteiger partial charge in [-0.25, -0.2) is 0 Å². The van der Waals surface area contributed by atoms with Gasteiger partial charge in [0.05, 0.1) is 11.4 Å². The molecule has 0 saturated heterocycles. The van der Waals surface area contributed by atoms with E-state index in [2.05, 4.69) is 218 Å². The summed E-state index contributed by atoms with van der Waals surface area (Å²) >= 11 is 0. The Morgan fingerprint density at radius 2 is 0.943 bits per heavy atom. The molecule has 1 nitrogen and oxygen atoms in total. The van der Waals surface area contributed by atoms with Gasteiger partial charge < -0.3 is 4.90 Å². The van der Waals surface area contributed by atoms with Gasteiger partial charge in [0.1, 0.15) is 0 Å². The minimum absolute atomic E-state index is 0.290. The highest BCUT2D eigenvalue weighted by Gasteiger charge is 2.42. The van der Waals surface area contributed by atoms with E-state index in [-0.39, 0.29) is 5.41 Å². The lowest BCUT2D eigenvalue weighted by Crippen LogP contribution is -2.22. The highest BCUT2D eigenvalue weighted by molar-refractivity contribution is 6.03. The number of rotatable bonds is 6. The maximum atomic E-state index is 2.49. The maximum absolute atomic E-state index is 2.49. The zero-order valence-corrected chi connectivity index (χ0v) is 29.6. The molecule has 0 spiro atoms. The lowest BCUT2D eigenvalue weighted by atomic mass is 9.74. The first-order valence-electron chi connectivity index (χ1n) is 18.4. The third kappa shape index (κ3) is 5.00. The van der Waals surface area contributed by atoms with E-state index in [0.717, 1.165) is 11.4 Å². The topological polar surface area (TPSA) is 3.24 Å². The van der Waals surface area contributed by atoms with Crippen LogP contribution in [0.15, 0.2) is 206 Å². The van der Waals surface area contributed by atoms with Crippen molar-refractivity contribution in [2.45, 2.75) is 12.3 Å². The summed E-state index contributed by atoms with van der Waals surface area (Å²) in [6, 6.07) is 75.5. The summed E-state index contributed by atoms with van der Waals surface area (Å²) in [5.74, 6) is 0. The van der Waals surface area contributed by atoms with Crippen LogP contribution in [0.4, 0.5) is 17.1 Å². The molecule has 0 radical (unpaired) electrons. The lowest BCUT2D eigenvalue weighted by molar-refractivity contribution is 0.714. The molecule has 10 rings (SSSR count). The first-order valence-corrected chi connectivity index (χ1v) is 18.4. The molecule has 1 atom stereocenters. The van der Waals surface area contributed by atoms with Crippen molar-refractivity contribution >= 4 is 38.6 Å². The Morgan fingerprint density at radius 1 is 0.377 bits per heavy atom. The molecule has 0 aliphatic heterocycles. The Morgan fingerprint density at radius 3 is 1.77 bits per heavy atom. The van der Waals surface area contributed by atoms with Crippen molar-refractivity contribution in [1.29, 1.82) is 0 Å². The van der Waals surface area contributed by atoms with Crippen LogP contribution in [0.5, 0.6) is 0 Å². The fraction of sp³-hybridized carbons (Fsp3) is 0.0385. The van der Waals surface area contributed by atoms with Crippen molar-refractivity contribution in [3.05, 3.63) is 223 Å². The van der Waals surface area contributed by atoms with E-state index in [9.17, 15) is 0 Å². The molecule has 9 aromatic rings. The molecule has 0 fully saturated rings. The standard InChI is InChI=1S/C52H37N/c1-52(41-20-3-2-4-21-41)47-27-10-9-25-46(47)51-48(52)28-14-30-50(51)53(49-29-13-18-38-16-6-8-24-45(38)49)42-22-11-19-40(35-42)36-31-33-39(34-32-36)44-26-12-17-37-15-5-7-23-43(37)44/h2-35H,1H3. The van der Waals surface area contributed by atoms with Crippen LogP contribution in [0.2, 0.25) is 0 Å². The molecule has 53 heavy (non-hydrogen) atoms. The number of hydrogen-bond acceptors (Lipinski definition) is 1. The SMILES string of the molecule is CC1(c2ccccc2)c2ccccc2-c2c(N(c3cccc(-c4ccc(-c5cccc6ccccc56)cc4)c3)c3cccc4ccccc34)cccc21. The number of anilines is 3. The van der Waals surface area contributed by atoms with Gasteiger partial charge in [0.2, 0.25) is 0 Å². The summed E-state index contributed by atoms with van der Waals surface area (Å²) in [5, 5.41) is 4.97. The third-order valence-electron chi connectivity index (χ3n) is 11.3. The second-order valence-corrected chi connectivity index (χ2v) is 14.2. The van der Waals surface area contributed by atoms with Crippen LogP contribution in [0.3, 0.4) is 0 Å². The third-order valence-corrected chi connectivity index (χ3v) is 11.3.